The molecule has 0 bridgehead atoms. The number of carbonyl (C=O) groups is 3. The highest BCUT2D eigenvalue weighted by atomic mass is 16.5. The molecule has 2 amide bonds. The van der Waals surface area contributed by atoms with Gasteiger partial charge in [0, 0.05) is 32.0 Å². The van der Waals surface area contributed by atoms with E-state index in [1.54, 1.807) is 25.1 Å². The predicted octanol–water partition coefficient (Wildman–Crippen LogP) is 1.26. The Kier molecular flexibility index (Phi) is 6.94. The Hall–Kier alpha value is -2.37. The molecule has 0 unspecified atom stereocenters. The maximum atomic E-state index is 11.9. The molecule has 0 aromatic heterocycles. The first-order valence-electron chi connectivity index (χ1n) is 6.86. The third-order valence-electron chi connectivity index (χ3n) is 2.64. The number of nitrogens with one attached hydrogen (secondary N) is 2. The van der Waals surface area contributed by atoms with E-state index in [0.717, 1.165) is 0 Å². The van der Waals surface area contributed by atoms with E-state index >= 15 is 0 Å². The lowest BCUT2D eigenvalue weighted by Crippen LogP contribution is -2.29. The summed E-state index contributed by atoms with van der Waals surface area (Å²) >= 11 is 0. The third-order valence-corrected chi connectivity index (χ3v) is 2.64. The van der Waals surface area contributed by atoms with E-state index in [-0.39, 0.29) is 11.8 Å². The van der Waals surface area contributed by atoms with Crippen molar-refractivity contribution >= 4 is 17.8 Å². The van der Waals surface area contributed by atoms with Crippen molar-refractivity contribution in [2.75, 3.05) is 13.1 Å². The monoisotopic (exact) mass is 292 g/mol. The summed E-state index contributed by atoms with van der Waals surface area (Å²) in [7, 11) is 0. The van der Waals surface area contributed by atoms with E-state index in [9.17, 15) is 14.4 Å². The smallest absolute Gasteiger partial charge is 0.308 e. The lowest BCUT2D eigenvalue weighted by molar-refractivity contribution is -0.131. The maximum Gasteiger partial charge on any atom is 0.308 e. The zero-order valence-corrected chi connectivity index (χ0v) is 12.3. The molecule has 0 saturated carbocycles. The Morgan fingerprint density at radius 1 is 1.14 bits per heavy atom. The van der Waals surface area contributed by atoms with Crippen LogP contribution in [0.25, 0.3) is 0 Å². The molecule has 6 heteroatoms. The first-order valence-corrected chi connectivity index (χ1v) is 6.86. The molecular formula is C15H20N2O4. The van der Waals surface area contributed by atoms with Crippen molar-refractivity contribution in [1.29, 1.82) is 0 Å². The van der Waals surface area contributed by atoms with Crippen LogP contribution in [0.15, 0.2) is 24.3 Å². The highest BCUT2D eigenvalue weighted by molar-refractivity contribution is 5.94. The summed E-state index contributed by atoms with van der Waals surface area (Å²) in [5.41, 5.74) is 0.423. The Bertz CT molecular complexity index is 514. The Morgan fingerprint density at radius 2 is 1.86 bits per heavy atom. The van der Waals surface area contributed by atoms with Crippen molar-refractivity contribution in [2.24, 2.45) is 0 Å². The summed E-state index contributed by atoms with van der Waals surface area (Å²) in [6, 6.07) is 6.41. The van der Waals surface area contributed by atoms with Gasteiger partial charge in [-0.1, -0.05) is 13.0 Å². The van der Waals surface area contributed by atoms with Gasteiger partial charge in [0.05, 0.1) is 0 Å². The fraction of sp³-hybridized carbons (Fsp3) is 0.400. The van der Waals surface area contributed by atoms with Crippen molar-refractivity contribution in [1.82, 2.24) is 10.6 Å². The largest absolute Gasteiger partial charge is 0.427 e. The molecule has 1 rings (SSSR count). The minimum Gasteiger partial charge on any atom is -0.427 e. The second-order valence-electron chi connectivity index (χ2n) is 4.43. The summed E-state index contributed by atoms with van der Waals surface area (Å²) in [6.07, 6.45) is 1.11. The molecule has 2 N–H and O–H groups in total. The van der Waals surface area contributed by atoms with Gasteiger partial charge in [0.1, 0.15) is 5.75 Å². The minimum absolute atomic E-state index is 0.00425. The number of esters is 1. The highest BCUT2D eigenvalue weighted by Crippen LogP contribution is 2.13. The topological polar surface area (TPSA) is 84.5 Å². The normalized spacial score (nSPS) is 9.81. The standard InChI is InChI=1S/C15H20N2O4/c1-3-14(19)16-8-5-9-17-15(20)12-6-4-7-13(10-12)21-11(2)18/h4,6-7,10H,3,5,8-9H2,1-2H3,(H,16,19)(H,17,20). The molecule has 0 heterocycles. The summed E-state index contributed by atoms with van der Waals surface area (Å²) in [5, 5.41) is 5.47. The molecule has 114 valence electrons. The van der Waals surface area contributed by atoms with Crippen LogP contribution in [-0.2, 0) is 9.59 Å². The van der Waals surface area contributed by atoms with Crippen LogP contribution in [0.5, 0.6) is 5.75 Å². The SMILES string of the molecule is CCC(=O)NCCCNC(=O)c1cccc(OC(C)=O)c1. The predicted molar refractivity (Wildman–Crippen MR) is 78.0 cm³/mol. The summed E-state index contributed by atoms with van der Waals surface area (Å²) in [6.45, 7) is 4.08. The van der Waals surface area contributed by atoms with Gasteiger partial charge in [-0.3, -0.25) is 14.4 Å². The quantitative estimate of drug-likeness (QED) is 0.450. The van der Waals surface area contributed by atoms with Crippen molar-refractivity contribution in [3.8, 4) is 5.75 Å². The van der Waals surface area contributed by atoms with E-state index in [0.29, 0.717) is 37.2 Å². The first-order chi connectivity index (χ1) is 10.0. The second kappa shape index (κ2) is 8.73. The minimum atomic E-state index is -0.431. The van der Waals surface area contributed by atoms with Gasteiger partial charge < -0.3 is 15.4 Å². The zero-order valence-electron chi connectivity index (χ0n) is 12.3. The van der Waals surface area contributed by atoms with Gasteiger partial charge in [-0.25, -0.2) is 0 Å². The average Bonchev–Trinajstić information content (AvgIpc) is 2.46. The molecule has 0 saturated heterocycles. The van der Waals surface area contributed by atoms with E-state index < -0.39 is 5.97 Å². The Morgan fingerprint density at radius 3 is 2.52 bits per heavy atom. The molecule has 0 aliphatic rings. The maximum absolute atomic E-state index is 11.9. The van der Waals surface area contributed by atoms with Gasteiger partial charge in [-0.05, 0) is 24.6 Å². The van der Waals surface area contributed by atoms with Crippen LogP contribution in [0.3, 0.4) is 0 Å². The molecule has 6 nitrogen and oxygen atoms in total. The zero-order chi connectivity index (χ0) is 15.7. The molecule has 21 heavy (non-hydrogen) atoms. The van der Waals surface area contributed by atoms with Crippen molar-refractivity contribution in [2.45, 2.75) is 26.7 Å². The summed E-state index contributed by atoms with van der Waals surface area (Å²) < 4.78 is 4.92. The van der Waals surface area contributed by atoms with Gasteiger partial charge in [0.2, 0.25) is 5.91 Å². The molecule has 1 aromatic rings. The van der Waals surface area contributed by atoms with Gasteiger partial charge in [0.25, 0.3) is 5.91 Å². The molecule has 1 aromatic carbocycles. The molecule has 0 aliphatic heterocycles. The van der Waals surface area contributed by atoms with Gasteiger partial charge in [0.15, 0.2) is 0 Å². The van der Waals surface area contributed by atoms with Crippen molar-refractivity contribution in [3.05, 3.63) is 29.8 Å². The molecule has 0 atom stereocenters. The van der Waals surface area contributed by atoms with Gasteiger partial charge in [-0.2, -0.15) is 0 Å². The van der Waals surface area contributed by atoms with E-state index in [1.807, 2.05) is 0 Å². The lowest BCUT2D eigenvalue weighted by atomic mass is 10.2. The average molecular weight is 292 g/mol. The highest BCUT2D eigenvalue weighted by Gasteiger charge is 2.07. The number of hydrogen-bond donors (Lipinski definition) is 2. The molecular weight excluding hydrogens is 272 g/mol. The number of hydrogen-bond acceptors (Lipinski definition) is 4. The Balaban J connectivity index is 2.38. The van der Waals surface area contributed by atoms with E-state index in [2.05, 4.69) is 10.6 Å². The number of ether oxygens (including phenoxy) is 1. The molecule has 0 spiro atoms. The van der Waals surface area contributed by atoms with Crippen LogP contribution in [0.1, 0.15) is 37.0 Å². The van der Waals surface area contributed by atoms with Crippen LogP contribution < -0.4 is 15.4 Å². The number of amides is 2. The molecule has 0 aliphatic carbocycles. The number of benzene rings is 1. The summed E-state index contributed by atoms with van der Waals surface area (Å²) in [4.78, 5) is 33.8. The van der Waals surface area contributed by atoms with Gasteiger partial charge >= 0.3 is 5.97 Å². The molecule has 0 radical (unpaired) electrons. The Labute approximate surface area is 123 Å². The van der Waals surface area contributed by atoms with E-state index in [1.165, 1.54) is 13.0 Å². The lowest BCUT2D eigenvalue weighted by Gasteiger charge is -2.07. The molecule has 0 fully saturated rings. The van der Waals surface area contributed by atoms with Crippen molar-refractivity contribution < 1.29 is 19.1 Å². The second-order valence-corrected chi connectivity index (χ2v) is 4.43. The van der Waals surface area contributed by atoms with Crippen LogP contribution in [0, 0.1) is 0 Å². The van der Waals surface area contributed by atoms with Crippen LogP contribution in [0.4, 0.5) is 0 Å². The number of carbonyl (C=O) groups excluding carboxylic acids is 3. The van der Waals surface area contributed by atoms with Crippen molar-refractivity contribution in [3.63, 3.8) is 0 Å². The van der Waals surface area contributed by atoms with Crippen LogP contribution in [0.2, 0.25) is 0 Å². The van der Waals surface area contributed by atoms with E-state index in [4.69, 9.17) is 4.74 Å². The fourth-order valence-electron chi connectivity index (χ4n) is 1.61. The van der Waals surface area contributed by atoms with Crippen LogP contribution in [-0.4, -0.2) is 30.9 Å². The fourth-order valence-corrected chi connectivity index (χ4v) is 1.61. The third kappa shape index (κ3) is 6.56. The summed E-state index contributed by atoms with van der Waals surface area (Å²) in [5.74, 6) is -0.342. The van der Waals surface area contributed by atoms with Crippen LogP contribution >= 0.6 is 0 Å². The van der Waals surface area contributed by atoms with Gasteiger partial charge in [-0.15, -0.1) is 0 Å². The number of rotatable bonds is 7. The first kappa shape index (κ1) is 16.7.